The van der Waals surface area contributed by atoms with E-state index in [4.69, 9.17) is 11.5 Å². The summed E-state index contributed by atoms with van der Waals surface area (Å²) in [5.41, 5.74) is 0. The average molecular weight is 182 g/mol. The molecule has 0 N–H and O–H groups in total. The van der Waals surface area contributed by atoms with Crippen LogP contribution < -0.4 is 0 Å². The van der Waals surface area contributed by atoms with Crippen LogP contribution in [0.25, 0.3) is 0 Å². The quantitative estimate of drug-likeness (QED) is 0.477. The van der Waals surface area contributed by atoms with Gasteiger partial charge in [-0.05, 0) is 0 Å². The van der Waals surface area contributed by atoms with Crippen LogP contribution in [0.2, 0.25) is 0 Å². The van der Waals surface area contributed by atoms with Crippen molar-refractivity contribution in [1.29, 1.82) is 0 Å². The minimum absolute atomic E-state index is 0.259. The molecule has 1 radical (unpaired) electrons. The van der Waals surface area contributed by atoms with Gasteiger partial charge in [0.2, 0.25) is 0 Å². The molecule has 1 atom stereocenters. The Morgan fingerprint density at radius 1 is 1.75 bits per heavy atom. The Hall–Kier alpha value is -0.505. The zero-order valence-electron chi connectivity index (χ0n) is 7.24. The summed E-state index contributed by atoms with van der Waals surface area (Å²) in [6, 6.07) is 0. The van der Waals surface area contributed by atoms with Crippen LogP contribution in [0.1, 0.15) is 13.3 Å². The van der Waals surface area contributed by atoms with Crippen LogP contribution >= 0.6 is 0 Å². The second kappa shape index (κ2) is 3.94. The molecule has 1 unspecified atom stereocenters. The van der Waals surface area contributed by atoms with Gasteiger partial charge in [0.05, 0.1) is 0 Å². The van der Waals surface area contributed by atoms with Crippen molar-refractivity contribution in [2.75, 3.05) is 7.11 Å². The second-order valence-electron chi connectivity index (χ2n) is 2.79. The molecule has 0 heterocycles. The number of rotatable bonds is 2. The van der Waals surface area contributed by atoms with Crippen molar-refractivity contribution < 1.29 is 8.95 Å². The van der Waals surface area contributed by atoms with Gasteiger partial charge < -0.3 is 0 Å². The summed E-state index contributed by atoms with van der Waals surface area (Å²) in [4.78, 5) is 0.759. The van der Waals surface area contributed by atoms with Gasteiger partial charge in [0, 0.05) is 0 Å². The van der Waals surface area contributed by atoms with Crippen LogP contribution in [0.3, 0.4) is 0 Å². The van der Waals surface area contributed by atoms with E-state index in [-0.39, 0.29) is 5.92 Å². The van der Waals surface area contributed by atoms with Gasteiger partial charge in [-0.1, -0.05) is 0 Å². The number of hydrogen-bond donors (Lipinski definition) is 0. The molecule has 0 aromatic carbocycles. The normalized spacial score (nSPS) is 23.3. The molecule has 0 bridgehead atoms. The molecule has 1 rings (SSSR count). The summed E-state index contributed by atoms with van der Waals surface area (Å²) in [5, 5.41) is 0. The van der Waals surface area contributed by atoms with E-state index >= 15 is 0 Å². The summed E-state index contributed by atoms with van der Waals surface area (Å²) in [6.45, 7) is 7.30. The number of allylic oxidation sites excluding steroid dienone is 3. The van der Waals surface area contributed by atoms with E-state index in [0.717, 1.165) is 17.1 Å². The maximum absolute atomic E-state index is 11.0. The van der Waals surface area contributed by atoms with Crippen LogP contribution in [0.15, 0.2) is 22.8 Å². The molecule has 4 heteroatoms. The molecule has 0 saturated heterocycles. The third-order valence-corrected chi connectivity index (χ3v) is 2.90. The Bertz CT molecular complexity index is 294. The molecule has 0 amide bonds. The Labute approximate surface area is 75.6 Å². The molecule has 12 heavy (non-hydrogen) atoms. The second-order valence-corrected chi connectivity index (χ2v) is 3.86. The van der Waals surface area contributed by atoms with Crippen LogP contribution in [-0.2, 0) is 19.2 Å². The molecule has 0 aromatic rings. The van der Waals surface area contributed by atoms with Crippen molar-refractivity contribution in [2.24, 2.45) is 5.92 Å². The summed E-state index contributed by atoms with van der Waals surface area (Å²) >= 11 is 0. The van der Waals surface area contributed by atoms with E-state index in [1.54, 1.807) is 13.2 Å². The molecule has 0 spiro atoms. The SMILES string of the molecule is [B]=[S-](=O)C1=CC(OC)=CCC1C. The molecule has 1 aliphatic rings. The first-order valence-electron chi connectivity index (χ1n) is 3.77. The monoisotopic (exact) mass is 182 g/mol. The standard InChI is InChI=1S/C8H11BO2S/c1-6-3-4-7(11-2)5-8(6)12(9)10/h4-6H,3H2,1-2H3/q-1. The van der Waals surface area contributed by atoms with Crippen LogP contribution in [0, 0.1) is 5.92 Å². The first kappa shape index (κ1) is 9.58. The van der Waals surface area contributed by atoms with Crippen molar-refractivity contribution >= 4 is 16.9 Å². The van der Waals surface area contributed by atoms with Gasteiger partial charge in [-0.15, -0.1) is 0 Å². The zero-order valence-corrected chi connectivity index (χ0v) is 8.06. The first-order valence-corrected chi connectivity index (χ1v) is 4.98. The third-order valence-electron chi connectivity index (χ3n) is 1.91. The fourth-order valence-corrected chi connectivity index (χ4v) is 1.87. The van der Waals surface area contributed by atoms with E-state index in [2.05, 4.69) is 0 Å². The number of hydrogen-bond acceptors (Lipinski definition) is 3. The maximum atomic E-state index is 11.0. The fraction of sp³-hybridized carbons (Fsp3) is 0.500. The number of ether oxygens (including phenoxy) is 1. The molecular formula is C8H11BO2S-. The Morgan fingerprint density at radius 3 is 2.92 bits per heavy atom. The van der Waals surface area contributed by atoms with E-state index in [1.165, 1.54) is 0 Å². The molecule has 0 fully saturated rings. The van der Waals surface area contributed by atoms with E-state index in [9.17, 15) is 4.21 Å². The van der Waals surface area contributed by atoms with Gasteiger partial charge in [-0.2, -0.15) is 0 Å². The first-order chi connectivity index (χ1) is 5.65. The topological polar surface area (TPSA) is 26.3 Å². The van der Waals surface area contributed by atoms with Crippen molar-refractivity contribution in [2.45, 2.75) is 13.3 Å². The molecule has 1 aliphatic carbocycles. The van der Waals surface area contributed by atoms with Crippen molar-refractivity contribution in [3.63, 3.8) is 0 Å². The fourth-order valence-electron chi connectivity index (χ4n) is 1.15. The Morgan fingerprint density at radius 2 is 2.42 bits per heavy atom. The Kier molecular flexibility index (Phi) is 3.15. The van der Waals surface area contributed by atoms with Crippen molar-refractivity contribution in [3.05, 3.63) is 22.8 Å². The molecule has 2 nitrogen and oxygen atoms in total. The van der Waals surface area contributed by atoms with Crippen molar-refractivity contribution in [1.82, 2.24) is 0 Å². The van der Waals surface area contributed by atoms with E-state index < -0.39 is 10.2 Å². The van der Waals surface area contributed by atoms with Crippen LogP contribution in [-0.4, -0.2) is 13.8 Å². The van der Waals surface area contributed by atoms with Gasteiger partial charge in [0.25, 0.3) is 0 Å². The molecule has 65 valence electrons. The van der Waals surface area contributed by atoms with Gasteiger partial charge in [0.1, 0.15) is 0 Å². The van der Waals surface area contributed by atoms with Gasteiger partial charge >= 0.3 is 75.1 Å². The number of methoxy groups -OCH3 is 1. The van der Waals surface area contributed by atoms with E-state index in [0.29, 0.717) is 0 Å². The summed E-state index contributed by atoms with van der Waals surface area (Å²) in [5.74, 6) is 1.01. The van der Waals surface area contributed by atoms with Crippen LogP contribution in [0.4, 0.5) is 0 Å². The summed E-state index contributed by atoms with van der Waals surface area (Å²) in [7, 11) is 0.229. The predicted octanol–water partition coefficient (Wildman–Crippen LogP) is 1.49. The minimum atomic E-state index is -1.36. The zero-order chi connectivity index (χ0) is 9.14. The van der Waals surface area contributed by atoms with Crippen molar-refractivity contribution in [3.8, 4) is 0 Å². The Balaban J connectivity index is 2.95. The van der Waals surface area contributed by atoms with Gasteiger partial charge in [0.15, 0.2) is 0 Å². The molecule has 0 saturated carbocycles. The van der Waals surface area contributed by atoms with E-state index in [1.807, 2.05) is 13.0 Å². The van der Waals surface area contributed by atoms with Crippen LogP contribution in [0.5, 0.6) is 0 Å². The van der Waals surface area contributed by atoms with Gasteiger partial charge in [-0.3, -0.25) is 0 Å². The van der Waals surface area contributed by atoms with Gasteiger partial charge in [-0.25, -0.2) is 0 Å². The average Bonchev–Trinajstić information content (AvgIpc) is 2.05. The summed E-state index contributed by atoms with van der Waals surface area (Å²) in [6.07, 6.45) is 4.57. The molecule has 0 aliphatic heterocycles. The molecular weight excluding hydrogens is 171 g/mol. The summed E-state index contributed by atoms with van der Waals surface area (Å²) < 4.78 is 16.0. The molecule has 0 aromatic heterocycles. The third kappa shape index (κ3) is 2.00. The predicted molar refractivity (Wildman–Crippen MR) is 50.8 cm³/mol.